The smallest absolute Gasteiger partial charge is 0.224 e. The van der Waals surface area contributed by atoms with E-state index in [1.54, 1.807) is 0 Å². The maximum Gasteiger partial charge on any atom is 0.224 e. The number of amides is 1. The summed E-state index contributed by atoms with van der Waals surface area (Å²) in [7, 11) is 2.06. The number of carbonyl (C=O) groups excluding carboxylic acids is 1. The van der Waals surface area contributed by atoms with Gasteiger partial charge in [-0.1, -0.05) is 24.3 Å². The van der Waals surface area contributed by atoms with Crippen LogP contribution in [0.5, 0.6) is 0 Å². The van der Waals surface area contributed by atoms with Crippen LogP contribution in [0.3, 0.4) is 0 Å². The molecule has 1 aliphatic rings. The predicted octanol–water partition coefficient (Wildman–Crippen LogP) is 1.77. The molecule has 21 heavy (non-hydrogen) atoms. The van der Waals surface area contributed by atoms with Crippen molar-refractivity contribution in [3.8, 4) is 0 Å². The van der Waals surface area contributed by atoms with Gasteiger partial charge in [-0.3, -0.25) is 9.69 Å². The molecule has 4 heteroatoms. The molecule has 1 saturated heterocycles. The van der Waals surface area contributed by atoms with E-state index in [-0.39, 0.29) is 11.9 Å². The van der Waals surface area contributed by atoms with Crippen molar-refractivity contribution in [2.24, 2.45) is 5.73 Å². The van der Waals surface area contributed by atoms with Crippen molar-refractivity contribution in [1.29, 1.82) is 0 Å². The summed E-state index contributed by atoms with van der Waals surface area (Å²) in [6.07, 6.45) is 2.80. The average Bonchev–Trinajstić information content (AvgIpc) is 3.01. The number of nitrogens with zero attached hydrogens (tertiary/aromatic N) is 2. The van der Waals surface area contributed by atoms with Crippen LogP contribution < -0.4 is 5.73 Å². The van der Waals surface area contributed by atoms with Crippen molar-refractivity contribution in [2.75, 3.05) is 26.7 Å². The number of rotatable bonds is 6. The Morgan fingerprint density at radius 1 is 1.33 bits per heavy atom. The molecule has 1 aromatic rings. The third-order valence-corrected chi connectivity index (χ3v) is 4.45. The molecular weight excluding hydrogens is 262 g/mol. The van der Waals surface area contributed by atoms with Crippen molar-refractivity contribution in [3.05, 3.63) is 35.4 Å². The van der Waals surface area contributed by atoms with E-state index in [4.69, 9.17) is 5.73 Å². The highest BCUT2D eigenvalue weighted by Crippen LogP contribution is 2.15. The molecular formula is C17H27N3O. The second kappa shape index (κ2) is 7.57. The second-order valence-corrected chi connectivity index (χ2v) is 6.02. The number of likely N-dealkylation sites (tertiary alicyclic amines) is 1. The number of nitrogens with two attached hydrogens (primary N) is 1. The van der Waals surface area contributed by atoms with Crippen LogP contribution in [-0.2, 0) is 11.3 Å². The van der Waals surface area contributed by atoms with E-state index in [9.17, 15) is 4.79 Å². The fraction of sp³-hybridized carbons (Fsp3) is 0.588. The lowest BCUT2D eigenvalue weighted by molar-refractivity contribution is -0.131. The zero-order valence-corrected chi connectivity index (χ0v) is 13.2. The molecule has 4 nitrogen and oxygen atoms in total. The van der Waals surface area contributed by atoms with E-state index < -0.39 is 0 Å². The highest BCUT2D eigenvalue weighted by molar-refractivity contribution is 5.77. The Morgan fingerprint density at radius 3 is 2.62 bits per heavy atom. The van der Waals surface area contributed by atoms with Gasteiger partial charge in [0.1, 0.15) is 0 Å². The Hall–Kier alpha value is -1.39. The third-order valence-electron chi connectivity index (χ3n) is 4.45. The normalized spacial score (nSPS) is 16.5. The number of hydrogen-bond acceptors (Lipinski definition) is 3. The molecule has 1 atom stereocenters. The minimum atomic E-state index is 0.109. The first-order valence-corrected chi connectivity index (χ1v) is 7.84. The van der Waals surface area contributed by atoms with Gasteiger partial charge in [-0.05, 0) is 37.9 Å². The van der Waals surface area contributed by atoms with Crippen molar-refractivity contribution in [1.82, 2.24) is 9.80 Å². The summed E-state index contributed by atoms with van der Waals surface area (Å²) >= 11 is 0. The topological polar surface area (TPSA) is 49.6 Å². The number of carbonyl (C=O) groups is 1. The quantitative estimate of drug-likeness (QED) is 0.868. The summed E-state index contributed by atoms with van der Waals surface area (Å²) < 4.78 is 0. The first kappa shape index (κ1) is 16.0. The van der Waals surface area contributed by atoms with E-state index >= 15 is 0 Å². The molecule has 2 rings (SSSR count). The largest absolute Gasteiger partial charge is 0.343 e. The van der Waals surface area contributed by atoms with E-state index in [2.05, 4.69) is 43.1 Å². The maximum absolute atomic E-state index is 12.3. The molecule has 2 N–H and O–H groups in total. The molecule has 1 aromatic carbocycles. The number of benzene rings is 1. The zero-order valence-electron chi connectivity index (χ0n) is 13.2. The van der Waals surface area contributed by atoms with Gasteiger partial charge >= 0.3 is 0 Å². The minimum absolute atomic E-state index is 0.109. The predicted molar refractivity (Wildman–Crippen MR) is 85.9 cm³/mol. The van der Waals surface area contributed by atoms with Crippen molar-refractivity contribution in [2.45, 2.75) is 38.8 Å². The number of hydrogen-bond donors (Lipinski definition) is 1. The minimum Gasteiger partial charge on any atom is -0.343 e. The molecule has 1 fully saturated rings. The summed E-state index contributed by atoms with van der Waals surface area (Å²) in [4.78, 5) is 16.5. The van der Waals surface area contributed by atoms with Crippen molar-refractivity contribution in [3.63, 3.8) is 0 Å². The van der Waals surface area contributed by atoms with E-state index in [0.29, 0.717) is 13.0 Å². The lowest BCUT2D eigenvalue weighted by atomic mass is 10.1. The first-order chi connectivity index (χ1) is 10.1. The van der Waals surface area contributed by atoms with Gasteiger partial charge in [-0.15, -0.1) is 0 Å². The van der Waals surface area contributed by atoms with E-state index in [1.165, 1.54) is 11.1 Å². The van der Waals surface area contributed by atoms with Crippen LogP contribution in [0.25, 0.3) is 0 Å². The standard InChI is InChI=1S/C17H27N3O/c1-14-7-3-4-8-15(14)13-19(2)16(12-18)11-17(21)20-9-5-6-10-20/h3-4,7-8,16H,5-6,9-13,18H2,1-2H3. The molecule has 0 spiro atoms. The lowest BCUT2D eigenvalue weighted by Gasteiger charge is -2.28. The molecule has 1 unspecified atom stereocenters. The Bertz CT molecular complexity index is 469. The molecule has 1 heterocycles. The van der Waals surface area contributed by atoms with Crippen LogP contribution >= 0.6 is 0 Å². The van der Waals surface area contributed by atoms with Crippen LogP contribution in [0.2, 0.25) is 0 Å². The van der Waals surface area contributed by atoms with Gasteiger partial charge in [0.2, 0.25) is 5.91 Å². The molecule has 0 aliphatic carbocycles. The fourth-order valence-corrected chi connectivity index (χ4v) is 2.90. The molecule has 1 amide bonds. The lowest BCUT2D eigenvalue weighted by Crippen LogP contribution is -2.42. The van der Waals surface area contributed by atoms with Crippen LogP contribution in [0.4, 0.5) is 0 Å². The van der Waals surface area contributed by atoms with Gasteiger partial charge in [0.15, 0.2) is 0 Å². The first-order valence-electron chi connectivity index (χ1n) is 7.84. The summed E-state index contributed by atoms with van der Waals surface area (Å²) in [6, 6.07) is 8.48. The summed E-state index contributed by atoms with van der Waals surface area (Å²) in [5.41, 5.74) is 8.48. The Balaban J connectivity index is 1.93. The fourth-order valence-electron chi connectivity index (χ4n) is 2.90. The van der Waals surface area contributed by atoms with E-state index in [1.807, 2.05) is 4.90 Å². The summed E-state index contributed by atoms with van der Waals surface area (Å²) in [5.74, 6) is 0.250. The highest BCUT2D eigenvalue weighted by atomic mass is 16.2. The molecule has 0 saturated carbocycles. The Labute approximate surface area is 127 Å². The number of aryl methyl sites for hydroxylation is 1. The third kappa shape index (κ3) is 4.29. The molecule has 0 aromatic heterocycles. The average molecular weight is 289 g/mol. The molecule has 116 valence electrons. The van der Waals surface area contributed by atoms with Gasteiger partial charge in [-0.25, -0.2) is 0 Å². The van der Waals surface area contributed by atoms with Crippen LogP contribution in [-0.4, -0.2) is 48.4 Å². The molecule has 0 bridgehead atoms. The maximum atomic E-state index is 12.3. The highest BCUT2D eigenvalue weighted by Gasteiger charge is 2.23. The molecule has 1 aliphatic heterocycles. The van der Waals surface area contributed by atoms with E-state index in [0.717, 1.165) is 32.5 Å². The van der Waals surface area contributed by atoms with Gasteiger partial charge in [0, 0.05) is 38.6 Å². The SMILES string of the molecule is Cc1ccccc1CN(C)C(CN)CC(=O)N1CCCC1. The number of likely N-dealkylation sites (N-methyl/N-ethyl adjacent to an activating group) is 1. The van der Waals surface area contributed by atoms with Gasteiger partial charge in [-0.2, -0.15) is 0 Å². The Morgan fingerprint density at radius 2 is 2.00 bits per heavy atom. The Kier molecular flexibility index (Phi) is 5.76. The van der Waals surface area contributed by atoms with Gasteiger partial charge in [0.05, 0.1) is 0 Å². The zero-order chi connectivity index (χ0) is 15.2. The van der Waals surface area contributed by atoms with Crippen LogP contribution in [0.15, 0.2) is 24.3 Å². The molecule has 0 radical (unpaired) electrons. The van der Waals surface area contributed by atoms with Gasteiger partial charge in [0.25, 0.3) is 0 Å². The van der Waals surface area contributed by atoms with Crippen molar-refractivity contribution < 1.29 is 4.79 Å². The van der Waals surface area contributed by atoms with Crippen LogP contribution in [0, 0.1) is 6.92 Å². The summed E-state index contributed by atoms with van der Waals surface area (Å²) in [6.45, 7) is 5.30. The van der Waals surface area contributed by atoms with Crippen LogP contribution in [0.1, 0.15) is 30.4 Å². The second-order valence-electron chi connectivity index (χ2n) is 6.02. The van der Waals surface area contributed by atoms with Crippen molar-refractivity contribution >= 4 is 5.91 Å². The monoisotopic (exact) mass is 289 g/mol. The summed E-state index contributed by atoms with van der Waals surface area (Å²) in [5, 5.41) is 0. The van der Waals surface area contributed by atoms with Gasteiger partial charge < -0.3 is 10.6 Å².